The average Bonchev–Trinajstić information content (AvgIpc) is 2.74. The van der Waals surface area contributed by atoms with E-state index in [0.29, 0.717) is 13.2 Å². The Kier molecular flexibility index (Phi) is 3.84. The summed E-state index contributed by atoms with van der Waals surface area (Å²) in [6, 6.07) is 10.0. The van der Waals surface area contributed by atoms with Crippen LogP contribution in [0.2, 0.25) is 0 Å². The third kappa shape index (κ3) is 2.67. The van der Waals surface area contributed by atoms with Crippen LogP contribution in [-0.4, -0.2) is 52.6 Å². The topological polar surface area (TPSA) is 52.9 Å². The molecule has 3 rings (SSSR count). The van der Waals surface area contributed by atoms with Crippen LogP contribution in [0, 0.1) is 0 Å². The molecule has 2 saturated heterocycles. The lowest BCUT2D eigenvalue weighted by molar-refractivity contribution is -0.0717. The van der Waals surface area contributed by atoms with Crippen LogP contribution in [0.25, 0.3) is 0 Å². The molecular weight excluding hydrogens is 242 g/mol. The molecule has 2 aliphatic rings. The Labute approximate surface area is 113 Å². The van der Waals surface area contributed by atoms with Crippen molar-refractivity contribution in [2.75, 3.05) is 13.1 Å². The maximum atomic E-state index is 10.1. The molecule has 0 radical (unpaired) electrons. The van der Waals surface area contributed by atoms with Gasteiger partial charge in [0.15, 0.2) is 0 Å². The van der Waals surface area contributed by atoms with Crippen LogP contribution >= 0.6 is 0 Å². The average molecular weight is 263 g/mol. The number of piperidine rings is 1. The van der Waals surface area contributed by atoms with Crippen LogP contribution in [0.4, 0.5) is 0 Å². The summed E-state index contributed by atoms with van der Waals surface area (Å²) in [5, 5.41) is 19.9. The molecular formula is C15H21NO3. The van der Waals surface area contributed by atoms with Crippen LogP contribution in [0.1, 0.15) is 18.4 Å². The van der Waals surface area contributed by atoms with Gasteiger partial charge in [-0.15, -0.1) is 0 Å². The summed E-state index contributed by atoms with van der Waals surface area (Å²) < 4.78 is 5.99. The number of nitrogens with zero attached hydrogens (tertiary/aromatic N) is 1. The maximum Gasteiger partial charge on any atom is 0.0991 e. The fourth-order valence-corrected chi connectivity index (χ4v) is 3.23. The van der Waals surface area contributed by atoms with Gasteiger partial charge >= 0.3 is 0 Å². The third-order valence-corrected chi connectivity index (χ3v) is 4.21. The van der Waals surface area contributed by atoms with Crippen molar-refractivity contribution in [1.29, 1.82) is 0 Å². The molecule has 2 heterocycles. The molecule has 0 amide bonds. The Morgan fingerprint density at radius 1 is 1.21 bits per heavy atom. The number of hydrogen-bond donors (Lipinski definition) is 2. The van der Waals surface area contributed by atoms with Crippen molar-refractivity contribution in [3.05, 3.63) is 35.9 Å². The molecule has 4 heteroatoms. The third-order valence-electron chi connectivity index (χ3n) is 4.21. The Bertz CT molecular complexity index is 411. The SMILES string of the molecule is O[C@H]1[C@H]2[C@H](OCc3ccccc3)CCCN2C[C@H]1O. The Hall–Kier alpha value is -0.940. The van der Waals surface area contributed by atoms with Gasteiger partial charge in [-0.05, 0) is 24.9 Å². The predicted octanol–water partition coefficient (Wildman–Crippen LogP) is 0.772. The number of fused-ring (bicyclic) bond motifs is 1. The van der Waals surface area contributed by atoms with Crippen LogP contribution in [0.5, 0.6) is 0 Å². The smallest absolute Gasteiger partial charge is 0.0991 e. The standard InChI is InChI=1S/C15H21NO3/c17-12-9-16-8-4-7-13(14(16)15(12)18)19-10-11-5-2-1-3-6-11/h1-3,5-6,12-15,17-18H,4,7-10H2/t12-,13-,14-,15-/m1/s1. The normalized spacial score (nSPS) is 35.3. The highest BCUT2D eigenvalue weighted by Gasteiger charge is 2.46. The summed E-state index contributed by atoms with van der Waals surface area (Å²) in [6.45, 7) is 2.08. The molecule has 19 heavy (non-hydrogen) atoms. The van der Waals surface area contributed by atoms with Gasteiger partial charge in [-0.1, -0.05) is 30.3 Å². The zero-order chi connectivity index (χ0) is 13.2. The molecule has 0 saturated carbocycles. The molecule has 1 aromatic carbocycles. The summed E-state index contributed by atoms with van der Waals surface area (Å²) in [6.07, 6.45) is 0.723. The van der Waals surface area contributed by atoms with E-state index in [0.717, 1.165) is 24.9 Å². The molecule has 0 bridgehead atoms. The lowest BCUT2D eigenvalue weighted by Crippen LogP contribution is -2.50. The van der Waals surface area contributed by atoms with E-state index < -0.39 is 12.2 Å². The fraction of sp³-hybridized carbons (Fsp3) is 0.600. The van der Waals surface area contributed by atoms with Crippen molar-refractivity contribution in [1.82, 2.24) is 4.90 Å². The second-order valence-corrected chi connectivity index (χ2v) is 5.52. The zero-order valence-corrected chi connectivity index (χ0v) is 11.0. The van der Waals surface area contributed by atoms with Crippen molar-refractivity contribution in [2.24, 2.45) is 0 Å². The Morgan fingerprint density at radius 2 is 2.00 bits per heavy atom. The first-order valence-corrected chi connectivity index (χ1v) is 7.01. The van der Waals surface area contributed by atoms with Crippen LogP contribution < -0.4 is 0 Å². The molecule has 2 aliphatic heterocycles. The molecule has 2 N–H and O–H groups in total. The molecule has 0 aliphatic carbocycles. The van der Waals surface area contributed by atoms with E-state index in [1.54, 1.807) is 0 Å². The highest BCUT2D eigenvalue weighted by molar-refractivity contribution is 5.13. The van der Waals surface area contributed by atoms with Gasteiger partial charge < -0.3 is 14.9 Å². The van der Waals surface area contributed by atoms with Gasteiger partial charge in [0.1, 0.15) is 0 Å². The van der Waals surface area contributed by atoms with E-state index in [1.807, 2.05) is 30.3 Å². The summed E-state index contributed by atoms with van der Waals surface area (Å²) in [5.74, 6) is 0. The van der Waals surface area contributed by atoms with Crippen molar-refractivity contribution in [2.45, 2.75) is 43.8 Å². The second-order valence-electron chi connectivity index (χ2n) is 5.52. The summed E-state index contributed by atoms with van der Waals surface area (Å²) in [7, 11) is 0. The number of rotatable bonds is 3. The predicted molar refractivity (Wildman–Crippen MR) is 71.6 cm³/mol. The molecule has 0 aromatic heterocycles. The summed E-state index contributed by atoms with van der Waals surface area (Å²) >= 11 is 0. The molecule has 1 aromatic rings. The van der Waals surface area contributed by atoms with E-state index >= 15 is 0 Å². The van der Waals surface area contributed by atoms with E-state index in [2.05, 4.69) is 4.90 Å². The van der Waals surface area contributed by atoms with Gasteiger partial charge in [-0.2, -0.15) is 0 Å². The minimum atomic E-state index is -0.680. The lowest BCUT2D eigenvalue weighted by Gasteiger charge is -2.37. The monoisotopic (exact) mass is 263 g/mol. The molecule has 0 unspecified atom stereocenters. The van der Waals surface area contributed by atoms with E-state index in [-0.39, 0.29) is 12.1 Å². The number of ether oxygens (including phenoxy) is 1. The minimum absolute atomic E-state index is 0.0149. The van der Waals surface area contributed by atoms with Gasteiger partial charge in [-0.25, -0.2) is 0 Å². The summed E-state index contributed by atoms with van der Waals surface area (Å²) in [4.78, 5) is 2.16. The largest absolute Gasteiger partial charge is 0.389 e. The number of benzene rings is 1. The first-order chi connectivity index (χ1) is 9.25. The minimum Gasteiger partial charge on any atom is -0.389 e. The fourth-order valence-electron chi connectivity index (χ4n) is 3.23. The quantitative estimate of drug-likeness (QED) is 0.846. The van der Waals surface area contributed by atoms with Crippen LogP contribution in [0.15, 0.2) is 30.3 Å². The molecule has 0 spiro atoms. The first-order valence-electron chi connectivity index (χ1n) is 7.01. The highest BCUT2D eigenvalue weighted by Crippen LogP contribution is 2.30. The van der Waals surface area contributed by atoms with Gasteiger partial charge in [0.2, 0.25) is 0 Å². The highest BCUT2D eigenvalue weighted by atomic mass is 16.5. The van der Waals surface area contributed by atoms with E-state index in [4.69, 9.17) is 4.74 Å². The molecule has 2 fully saturated rings. The van der Waals surface area contributed by atoms with E-state index in [9.17, 15) is 10.2 Å². The van der Waals surface area contributed by atoms with Crippen molar-refractivity contribution in [3.8, 4) is 0 Å². The molecule has 104 valence electrons. The lowest BCUT2D eigenvalue weighted by atomic mass is 9.96. The van der Waals surface area contributed by atoms with Crippen LogP contribution in [-0.2, 0) is 11.3 Å². The number of aliphatic hydroxyl groups is 2. The molecule has 4 nitrogen and oxygen atoms in total. The number of aliphatic hydroxyl groups excluding tert-OH is 2. The Morgan fingerprint density at radius 3 is 2.79 bits per heavy atom. The Balaban J connectivity index is 1.64. The zero-order valence-electron chi connectivity index (χ0n) is 11.0. The van der Waals surface area contributed by atoms with Crippen molar-refractivity contribution >= 4 is 0 Å². The van der Waals surface area contributed by atoms with E-state index in [1.165, 1.54) is 0 Å². The molecule has 4 atom stereocenters. The second kappa shape index (κ2) is 5.59. The summed E-state index contributed by atoms with van der Waals surface area (Å²) in [5.41, 5.74) is 1.15. The van der Waals surface area contributed by atoms with Gasteiger partial charge in [0, 0.05) is 6.54 Å². The number of hydrogen-bond acceptors (Lipinski definition) is 4. The van der Waals surface area contributed by atoms with Crippen LogP contribution in [0.3, 0.4) is 0 Å². The van der Waals surface area contributed by atoms with Gasteiger partial charge in [-0.3, -0.25) is 4.90 Å². The van der Waals surface area contributed by atoms with Crippen molar-refractivity contribution in [3.63, 3.8) is 0 Å². The first kappa shape index (κ1) is 13.1. The van der Waals surface area contributed by atoms with Gasteiger partial charge in [0.05, 0.1) is 31.0 Å². The maximum absolute atomic E-state index is 10.1. The van der Waals surface area contributed by atoms with Gasteiger partial charge in [0.25, 0.3) is 0 Å². The van der Waals surface area contributed by atoms with Crippen molar-refractivity contribution < 1.29 is 14.9 Å².